The number of benzene rings is 1. The van der Waals surface area contributed by atoms with Crippen LogP contribution < -0.4 is 4.72 Å². The summed E-state index contributed by atoms with van der Waals surface area (Å²) in [6.07, 6.45) is 1.59. The maximum absolute atomic E-state index is 12.8. The van der Waals surface area contributed by atoms with Gasteiger partial charge in [-0.05, 0) is 35.7 Å². The second kappa shape index (κ2) is 6.68. The lowest BCUT2D eigenvalue weighted by Gasteiger charge is -2.14. The molecule has 3 heterocycles. The van der Waals surface area contributed by atoms with Gasteiger partial charge >= 0.3 is 0 Å². The first kappa shape index (κ1) is 16.4. The van der Waals surface area contributed by atoms with Crippen LogP contribution in [-0.4, -0.2) is 23.7 Å². The quantitative estimate of drug-likeness (QED) is 0.544. The van der Waals surface area contributed by atoms with E-state index >= 15 is 0 Å². The van der Waals surface area contributed by atoms with Crippen LogP contribution in [-0.2, 0) is 10.0 Å². The largest absolute Gasteiger partial charge is 0.469 e. The number of hydrogen-bond acceptors (Lipinski definition) is 7. The van der Waals surface area contributed by atoms with E-state index in [9.17, 15) is 8.42 Å². The van der Waals surface area contributed by atoms with Gasteiger partial charge in [-0.15, -0.1) is 11.3 Å². The first-order chi connectivity index (χ1) is 12.1. The van der Waals surface area contributed by atoms with Crippen molar-refractivity contribution in [1.82, 2.24) is 13.5 Å². The number of thiophene rings is 1. The van der Waals surface area contributed by atoms with Crippen molar-refractivity contribution in [3.05, 3.63) is 64.7 Å². The summed E-state index contributed by atoms with van der Waals surface area (Å²) in [5.41, 5.74) is 0.972. The summed E-state index contributed by atoms with van der Waals surface area (Å²) in [4.78, 5) is 1.18. The zero-order valence-electron chi connectivity index (χ0n) is 12.8. The standard InChI is InChI=1S/C16H13N3O3S3/c20-25(21,15-7-1-4-12-16(15)19-24-18-12)17-10-11(13-5-2-8-22-13)14-6-3-9-23-14/h1-9,11,17H,10H2/t11-/m0/s1. The van der Waals surface area contributed by atoms with Crippen LogP contribution in [0.25, 0.3) is 11.0 Å². The van der Waals surface area contributed by atoms with E-state index in [0.717, 1.165) is 22.4 Å². The molecular weight excluding hydrogens is 378 g/mol. The van der Waals surface area contributed by atoms with Crippen LogP contribution >= 0.6 is 23.1 Å². The molecule has 0 saturated heterocycles. The van der Waals surface area contributed by atoms with Crippen molar-refractivity contribution in [3.8, 4) is 0 Å². The summed E-state index contributed by atoms with van der Waals surface area (Å²) in [6, 6.07) is 12.5. The molecule has 3 aromatic heterocycles. The second-order valence-electron chi connectivity index (χ2n) is 5.32. The highest BCUT2D eigenvalue weighted by Crippen LogP contribution is 2.29. The van der Waals surface area contributed by atoms with Gasteiger partial charge < -0.3 is 4.42 Å². The molecule has 4 rings (SSSR count). The maximum atomic E-state index is 12.8. The number of aromatic nitrogens is 2. The van der Waals surface area contributed by atoms with E-state index < -0.39 is 10.0 Å². The van der Waals surface area contributed by atoms with Gasteiger partial charge in [0.05, 0.1) is 23.9 Å². The van der Waals surface area contributed by atoms with Crippen molar-refractivity contribution in [2.75, 3.05) is 6.54 Å². The third-order valence-electron chi connectivity index (χ3n) is 3.79. The molecule has 0 bridgehead atoms. The lowest BCUT2D eigenvalue weighted by molar-refractivity contribution is 0.483. The molecule has 1 N–H and O–H groups in total. The van der Waals surface area contributed by atoms with Gasteiger partial charge in [0.25, 0.3) is 0 Å². The Morgan fingerprint density at radius 3 is 2.80 bits per heavy atom. The summed E-state index contributed by atoms with van der Waals surface area (Å²) in [7, 11) is -3.72. The molecule has 0 unspecified atom stereocenters. The van der Waals surface area contributed by atoms with Crippen LogP contribution in [0.5, 0.6) is 0 Å². The minimum absolute atomic E-state index is 0.142. The minimum Gasteiger partial charge on any atom is -0.469 e. The molecule has 0 amide bonds. The first-order valence-electron chi connectivity index (χ1n) is 7.43. The van der Waals surface area contributed by atoms with Crippen molar-refractivity contribution in [1.29, 1.82) is 0 Å². The highest BCUT2D eigenvalue weighted by atomic mass is 32.2. The van der Waals surface area contributed by atoms with Gasteiger partial charge in [0.1, 0.15) is 21.7 Å². The average molecular weight is 391 g/mol. The van der Waals surface area contributed by atoms with Gasteiger partial charge in [0, 0.05) is 11.4 Å². The smallest absolute Gasteiger partial charge is 0.242 e. The molecule has 128 valence electrons. The summed E-state index contributed by atoms with van der Waals surface area (Å²) < 4.78 is 42.0. The molecule has 0 aliphatic carbocycles. The maximum Gasteiger partial charge on any atom is 0.242 e. The van der Waals surface area contributed by atoms with E-state index in [0.29, 0.717) is 11.0 Å². The summed E-state index contributed by atoms with van der Waals surface area (Å²) in [5, 5.41) is 1.96. The molecule has 25 heavy (non-hydrogen) atoms. The van der Waals surface area contributed by atoms with E-state index in [1.807, 2.05) is 23.6 Å². The highest BCUT2D eigenvalue weighted by molar-refractivity contribution is 7.89. The van der Waals surface area contributed by atoms with Gasteiger partial charge in [-0.1, -0.05) is 12.1 Å². The Kier molecular flexibility index (Phi) is 4.38. The van der Waals surface area contributed by atoms with Gasteiger partial charge in [0.15, 0.2) is 0 Å². The summed E-state index contributed by atoms with van der Waals surface area (Å²) in [5.74, 6) is 0.538. The van der Waals surface area contributed by atoms with Crippen molar-refractivity contribution >= 4 is 44.1 Å². The zero-order chi connectivity index (χ0) is 17.3. The predicted octanol–water partition coefficient (Wildman–Crippen LogP) is 3.46. The lowest BCUT2D eigenvalue weighted by atomic mass is 10.1. The fraction of sp³-hybridized carbons (Fsp3) is 0.125. The Morgan fingerprint density at radius 1 is 1.12 bits per heavy atom. The monoisotopic (exact) mass is 391 g/mol. The molecule has 1 atom stereocenters. The normalized spacial score (nSPS) is 13.3. The number of nitrogens with one attached hydrogen (secondary N) is 1. The molecule has 0 spiro atoms. The van der Waals surface area contributed by atoms with Gasteiger partial charge in [-0.25, -0.2) is 13.1 Å². The Balaban J connectivity index is 1.63. The van der Waals surface area contributed by atoms with E-state index in [4.69, 9.17) is 4.42 Å². The fourth-order valence-electron chi connectivity index (χ4n) is 2.59. The summed E-state index contributed by atoms with van der Waals surface area (Å²) in [6.45, 7) is 0.199. The number of furan rings is 1. The van der Waals surface area contributed by atoms with Crippen LogP contribution in [0.1, 0.15) is 16.6 Å². The van der Waals surface area contributed by atoms with Crippen LogP contribution in [0.15, 0.2) is 63.4 Å². The third kappa shape index (κ3) is 3.23. The third-order valence-corrected chi connectivity index (χ3v) is 6.77. The minimum atomic E-state index is -3.72. The molecule has 0 fully saturated rings. The summed E-state index contributed by atoms with van der Waals surface area (Å²) >= 11 is 2.56. The Morgan fingerprint density at radius 2 is 2.04 bits per heavy atom. The number of sulfonamides is 1. The van der Waals surface area contributed by atoms with Crippen LogP contribution in [0.3, 0.4) is 0 Å². The van der Waals surface area contributed by atoms with Gasteiger partial charge in [-0.3, -0.25) is 0 Å². The van der Waals surface area contributed by atoms with Crippen molar-refractivity contribution in [3.63, 3.8) is 0 Å². The van der Waals surface area contributed by atoms with E-state index in [1.165, 1.54) is 0 Å². The van der Waals surface area contributed by atoms with Crippen LogP contribution in [0.4, 0.5) is 0 Å². The molecule has 0 aliphatic heterocycles. The molecular formula is C16H13N3O3S3. The SMILES string of the molecule is O=S(=O)(NC[C@@H](c1ccco1)c1cccs1)c1cccc2nsnc12. The van der Waals surface area contributed by atoms with Crippen LogP contribution in [0, 0.1) is 0 Å². The predicted molar refractivity (Wildman–Crippen MR) is 97.5 cm³/mol. The Labute approximate surface area is 152 Å². The molecule has 0 radical (unpaired) electrons. The molecule has 0 saturated carbocycles. The van der Waals surface area contributed by atoms with Gasteiger partial charge in [0.2, 0.25) is 10.0 Å². The van der Waals surface area contributed by atoms with E-state index in [1.54, 1.807) is 41.9 Å². The Hall–Kier alpha value is -2.07. The highest BCUT2D eigenvalue weighted by Gasteiger charge is 2.24. The van der Waals surface area contributed by atoms with Crippen molar-refractivity contribution in [2.45, 2.75) is 10.8 Å². The van der Waals surface area contributed by atoms with E-state index in [-0.39, 0.29) is 17.4 Å². The number of rotatable bonds is 6. The van der Waals surface area contributed by atoms with Crippen LogP contribution in [0.2, 0.25) is 0 Å². The number of fused-ring (bicyclic) bond motifs is 1. The molecule has 1 aromatic carbocycles. The number of hydrogen-bond donors (Lipinski definition) is 1. The molecule has 0 aliphatic rings. The molecule has 6 nitrogen and oxygen atoms in total. The number of nitrogens with zero attached hydrogens (tertiary/aromatic N) is 2. The molecule has 9 heteroatoms. The van der Waals surface area contributed by atoms with Crippen molar-refractivity contribution < 1.29 is 12.8 Å². The fourth-order valence-corrected chi connectivity index (χ4v) is 5.24. The van der Waals surface area contributed by atoms with Gasteiger partial charge in [-0.2, -0.15) is 8.75 Å². The van der Waals surface area contributed by atoms with E-state index in [2.05, 4.69) is 13.5 Å². The average Bonchev–Trinajstić information content (AvgIpc) is 3.36. The lowest BCUT2D eigenvalue weighted by Crippen LogP contribution is -2.28. The second-order valence-corrected chi connectivity index (χ2v) is 8.57. The topological polar surface area (TPSA) is 85.1 Å². The first-order valence-corrected chi connectivity index (χ1v) is 10.5. The zero-order valence-corrected chi connectivity index (χ0v) is 15.3. The Bertz CT molecular complexity index is 1040. The van der Waals surface area contributed by atoms with Crippen molar-refractivity contribution in [2.24, 2.45) is 0 Å². The molecule has 4 aromatic rings.